The fourth-order valence-electron chi connectivity index (χ4n) is 3.47. The molecule has 162 valence electrons. The standard InChI is InChI=1S/C20H18N2O9/c1-28-17(24)11-12(18(25)29-2)14(20(27)31-4)22-10-8-6-5-7-9(10)16(23)21-15(22)13(11)19(26)30-3/h5-8,14H,1-4H3,(H,21,23). The first-order valence-electron chi connectivity index (χ1n) is 8.83. The summed E-state index contributed by atoms with van der Waals surface area (Å²) in [5, 5.41) is 2.50. The Morgan fingerprint density at radius 2 is 1.42 bits per heavy atom. The Bertz CT molecular complexity index is 1070. The first-order valence-corrected chi connectivity index (χ1v) is 8.83. The van der Waals surface area contributed by atoms with Crippen molar-refractivity contribution < 1.29 is 42.9 Å². The number of hydrogen-bond donors (Lipinski definition) is 1. The van der Waals surface area contributed by atoms with E-state index in [1.165, 1.54) is 17.0 Å². The second-order valence-corrected chi connectivity index (χ2v) is 6.25. The van der Waals surface area contributed by atoms with E-state index < -0.39 is 52.5 Å². The molecule has 0 bridgehead atoms. The number of hydrogen-bond acceptors (Lipinski definition) is 10. The predicted octanol–water partition coefficient (Wildman–Crippen LogP) is -0.181. The van der Waals surface area contributed by atoms with Crippen molar-refractivity contribution >= 4 is 35.5 Å². The summed E-state index contributed by atoms with van der Waals surface area (Å²) in [6, 6.07) is 4.62. The van der Waals surface area contributed by atoms with Crippen molar-refractivity contribution in [3.63, 3.8) is 0 Å². The minimum absolute atomic E-state index is 0.162. The van der Waals surface area contributed by atoms with Gasteiger partial charge in [0.2, 0.25) is 0 Å². The monoisotopic (exact) mass is 430 g/mol. The topological polar surface area (TPSA) is 138 Å². The van der Waals surface area contributed by atoms with E-state index >= 15 is 0 Å². The Morgan fingerprint density at radius 1 is 0.839 bits per heavy atom. The molecule has 1 unspecified atom stereocenters. The lowest BCUT2D eigenvalue weighted by Crippen LogP contribution is -2.56. The third-order valence-corrected chi connectivity index (χ3v) is 4.78. The Balaban J connectivity index is 2.50. The molecule has 0 saturated carbocycles. The van der Waals surface area contributed by atoms with Crippen LogP contribution >= 0.6 is 0 Å². The number of amides is 1. The molecule has 1 amide bonds. The van der Waals surface area contributed by atoms with Gasteiger partial charge in [0.25, 0.3) is 5.91 Å². The molecule has 0 radical (unpaired) electrons. The maximum atomic E-state index is 12.8. The average molecular weight is 430 g/mol. The molecule has 11 heteroatoms. The van der Waals surface area contributed by atoms with Crippen LogP contribution in [0, 0.1) is 0 Å². The highest BCUT2D eigenvalue weighted by molar-refractivity contribution is 6.18. The highest BCUT2D eigenvalue weighted by Crippen LogP contribution is 2.40. The zero-order chi connectivity index (χ0) is 22.9. The summed E-state index contributed by atoms with van der Waals surface area (Å²) in [6.45, 7) is 0. The van der Waals surface area contributed by atoms with E-state index in [0.29, 0.717) is 0 Å². The van der Waals surface area contributed by atoms with Gasteiger partial charge in [0, 0.05) is 0 Å². The van der Waals surface area contributed by atoms with E-state index in [-0.39, 0.29) is 17.1 Å². The third-order valence-electron chi connectivity index (χ3n) is 4.78. The van der Waals surface area contributed by atoms with Gasteiger partial charge in [-0.25, -0.2) is 19.2 Å². The van der Waals surface area contributed by atoms with Crippen LogP contribution in [0.5, 0.6) is 0 Å². The number of fused-ring (bicyclic) bond motifs is 3. The van der Waals surface area contributed by atoms with Gasteiger partial charge < -0.3 is 29.2 Å². The molecule has 2 heterocycles. The van der Waals surface area contributed by atoms with Crippen molar-refractivity contribution in [3.8, 4) is 0 Å². The number of nitrogens with zero attached hydrogens (tertiary/aromatic N) is 1. The van der Waals surface area contributed by atoms with Gasteiger partial charge in [-0.3, -0.25) is 4.79 Å². The summed E-state index contributed by atoms with van der Waals surface area (Å²) in [5.74, 6) is -5.03. The van der Waals surface area contributed by atoms with E-state index in [2.05, 4.69) is 5.32 Å². The predicted molar refractivity (Wildman–Crippen MR) is 102 cm³/mol. The molecule has 1 aromatic carbocycles. The minimum Gasteiger partial charge on any atom is -0.467 e. The van der Waals surface area contributed by atoms with Crippen molar-refractivity contribution in [1.29, 1.82) is 0 Å². The van der Waals surface area contributed by atoms with Crippen molar-refractivity contribution in [2.24, 2.45) is 0 Å². The zero-order valence-electron chi connectivity index (χ0n) is 17.0. The second kappa shape index (κ2) is 8.30. The summed E-state index contributed by atoms with van der Waals surface area (Å²) >= 11 is 0. The molecule has 31 heavy (non-hydrogen) atoms. The van der Waals surface area contributed by atoms with Crippen LogP contribution in [0.15, 0.2) is 46.8 Å². The normalized spacial score (nSPS) is 17.2. The minimum atomic E-state index is -1.57. The van der Waals surface area contributed by atoms with Gasteiger partial charge in [0.05, 0.1) is 50.8 Å². The fraction of sp³-hybridized carbons (Fsp3) is 0.250. The number of para-hydroxylation sites is 1. The number of methoxy groups -OCH3 is 4. The van der Waals surface area contributed by atoms with Gasteiger partial charge in [-0.05, 0) is 12.1 Å². The highest BCUT2D eigenvalue weighted by Gasteiger charge is 2.50. The Morgan fingerprint density at radius 3 is 2.00 bits per heavy atom. The van der Waals surface area contributed by atoms with Crippen molar-refractivity contribution in [1.82, 2.24) is 5.32 Å². The van der Waals surface area contributed by atoms with Crippen LogP contribution in [0.25, 0.3) is 0 Å². The molecule has 2 aliphatic rings. The number of ether oxygens (including phenoxy) is 4. The maximum absolute atomic E-state index is 12.8. The number of rotatable bonds is 4. The van der Waals surface area contributed by atoms with Crippen molar-refractivity contribution in [3.05, 3.63) is 52.4 Å². The summed E-state index contributed by atoms with van der Waals surface area (Å²) in [7, 11) is 4.21. The number of benzene rings is 1. The van der Waals surface area contributed by atoms with E-state index in [1.807, 2.05) is 0 Å². The van der Waals surface area contributed by atoms with Gasteiger partial charge in [-0.15, -0.1) is 0 Å². The molecular weight excluding hydrogens is 412 g/mol. The van der Waals surface area contributed by atoms with Gasteiger partial charge in [0.1, 0.15) is 11.4 Å². The quantitative estimate of drug-likeness (QED) is 0.506. The van der Waals surface area contributed by atoms with Crippen LogP contribution < -0.4 is 10.2 Å². The van der Waals surface area contributed by atoms with Gasteiger partial charge >= 0.3 is 23.9 Å². The molecule has 0 spiro atoms. The first-order chi connectivity index (χ1) is 14.8. The fourth-order valence-corrected chi connectivity index (χ4v) is 3.47. The van der Waals surface area contributed by atoms with E-state index in [0.717, 1.165) is 28.4 Å². The van der Waals surface area contributed by atoms with Crippen LogP contribution in [-0.4, -0.2) is 64.3 Å². The summed E-state index contributed by atoms with van der Waals surface area (Å²) in [6.07, 6.45) is 0. The Hall–Kier alpha value is -4.15. The molecule has 0 aromatic heterocycles. The molecule has 0 saturated heterocycles. The highest BCUT2D eigenvalue weighted by atomic mass is 16.5. The van der Waals surface area contributed by atoms with Crippen molar-refractivity contribution in [2.75, 3.05) is 33.3 Å². The molecule has 1 aromatic rings. The third kappa shape index (κ3) is 3.29. The molecule has 1 N–H and O–H groups in total. The average Bonchev–Trinajstić information content (AvgIpc) is 2.80. The first kappa shape index (κ1) is 21.6. The van der Waals surface area contributed by atoms with Gasteiger partial charge in [-0.2, -0.15) is 0 Å². The Kier molecular flexibility index (Phi) is 5.77. The number of nitrogens with one attached hydrogen (secondary N) is 1. The van der Waals surface area contributed by atoms with Crippen LogP contribution in [0.1, 0.15) is 10.4 Å². The van der Waals surface area contributed by atoms with Crippen molar-refractivity contribution in [2.45, 2.75) is 6.04 Å². The second-order valence-electron chi connectivity index (χ2n) is 6.25. The molecule has 0 fully saturated rings. The lowest BCUT2D eigenvalue weighted by Gasteiger charge is -2.42. The van der Waals surface area contributed by atoms with Gasteiger partial charge in [-0.1, -0.05) is 12.1 Å². The number of esters is 4. The molecule has 3 rings (SSSR count). The maximum Gasteiger partial charge on any atom is 0.342 e. The zero-order valence-corrected chi connectivity index (χ0v) is 17.0. The van der Waals surface area contributed by atoms with Crippen LogP contribution in [-0.2, 0) is 38.1 Å². The smallest absolute Gasteiger partial charge is 0.342 e. The summed E-state index contributed by atoms with van der Waals surface area (Å²) in [5.41, 5.74) is -1.20. The van der Waals surface area contributed by atoms with Crippen LogP contribution in [0.2, 0.25) is 0 Å². The largest absolute Gasteiger partial charge is 0.467 e. The van der Waals surface area contributed by atoms with E-state index in [1.54, 1.807) is 12.1 Å². The number of carbonyl (C=O) groups is 5. The molecule has 1 atom stereocenters. The number of anilines is 1. The number of carbonyl (C=O) groups excluding carboxylic acids is 5. The van der Waals surface area contributed by atoms with Crippen LogP contribution in [0.4, 0.5) is 5.69 Å². The van der Waals surface area contributed by atoms with E-state index in [9.17, 15) is 24.0 Å². The molecular formula is C20H18N2O9. The summed E-state index contributed by atoms with van der Waals surface area (Å²) in [4.78, 5) is 64.9. The van der Waals surface area contributed by atoms with Gasteiger partial charge in [0.15, 0.2) is 6.04 Å². The molecule has 2 aliphatic heterocycles. The lowest BCUT2D eigenvalue weighted by molar-refractivity contribution is -0.145. The van der Waals surface area contributed by atoms with Crippen LogP contribution in [0.3, 0.4) is 0 Å². The SMILES string of the molecule is COC(=O)C1=C(C(=O)OC)C(C(=O)OC)N2C(=C1C(=O)OC)NC(=O)c1ccccc12. The summed E-state index contributed by atoms with van der Waals surface area (Å²) < 4.78 is 19.2. The molecule has 11 nitrogen and oxygen atoms in total. The Labute approximate surface area is 176 Å². The van der Waals surface area contributed by atoms with E-state index in [4.69, 9.17) is 18.9 Å². The lowest BCUT2D eigenvalue weighted by atomic mass is 9.87. The molecule has 0 aliphatic carbocycles.